The number of piperidine rings is 1. The summed E-state index contributed by atoms with van der Waals surface area (Å²) in [5.41, 5.74) is 4.64. The minimum atomic E-state index is -0.728. The van der Waals surface area contributed by atoms with E-state index in [1.165, 1.54) is 6.42 Å². The van der Waals surface area contributed by atoms with E-state index in [2.05, 4.69) is 4.90 Å². The summed E-state index contributed by atoms with van der Waals surface area (Å²) in [4.78, 5) is 34.4. The molecule has 0 saturated carbocycles. The standard InChI is InChI=1S/C26H22N2O3/c1-15-9-10-18-20(13-15)31-21-14-19(28-11-5-2-6-12-28)22-23(24(21)27-18)26(30)17-8-4-3-7-16(17)25(22)29/h3-4,7-10,13-14,23H,2,5-6,11-12H2,1H3. The quantitative estimate of drug-likeness (QED) is 0.678. The van der Waals surface area contributed by atoms with Gasteiger partial charge in [0.05, 0.1) is 11.6 Å². The number of carbonyl (C=O) groups excluding carboxylic acids is 2. The van der Waals surface area contributed by atoms with Crippen LogP contribution in [-0.4, -0.2) is 35.3 Å². The van der Waals surface area contributed by atoms with Crippen molar-refractivity contribution in [1.82, 2.24) is 4.90 Å². The van der Waals surface area contributed by atoms with Crippen molar-refractivity contribution in [3.05, 3.63) is 82.3 Å². The fraction of sp³-hybridized carbons (Fsp3) is 0.269. The van der Waals surface area contributed by atoms with Crippen molar-refractivity contribution in [2.45, 2.75) is 26.2 Å². The molecule has 1 atom stereocenters. The molecule has 0 radical (unpaired) electrons. The average molecular weight is 410 g/mol. The number of hydrogen-bond acceptors (Lipinski definition) is 5. The molecule has 154 valence electrons. The van der Waals surface area contributed by atoms with Gasteiger partial charge in [0, 0.05) is 41.6 Å². The lowest BCUT2D eigenvalue weighted by Crippen LogP contribution is -2.43. The lowest BCUT2D eigenvalue weighted by Gasteiger charge is -2.38. The van der Waals surface area contributed by atoms with E-state index >= 15 is 0 Å². The zero-order valence-electron chi connectivity index (χ0n) is 17.4. The highest BCUT2D eigenvalue weighted by atomic mass is 16.5. The molecular weight excluding hydrogens is 388 g/mol. The smallest absolute Gasteiger partial charge is 0.192 e. The average Bonchev–Trinajstić information content (AvgIpc) is 2.80. The molecule has 0 aromatic heterocycles. The van der Waals surface area contributed by atoms with E-state index in [0.717, 1.165) is 37.2 Å². The number of likely N-dealkylation sites (tertiary alicyclic amines) is 1. The minimum Gasteiger partial charge on any atom is -0.453 e. The molecule has 2 aromatic carbocycles. The molecule has 0 spiro atoms. The number of fused-ring (bicyclic) bond motifs is 5. The highest BCUT2D eigenvalue weighted by Crippen LogP contribution is 2.44. The van der Waals surface area contributed by atoms with Crippen LogP contribution < -0.4 is 4.74 Å². The Morgan fingerprint density at radius 3 is 2.58 bits per heavy atom. The highest BCUT2D eigenvalue weighted by molar-refractivity contribution is 6.33. The van der Waals surface area contributed by atoms with Crippen molar-refractivity contribution in [3.63, 3.8) is 0 Å². The molecular formula is C26H22N2O3. The first-order valence-corrected chi connectivity index (χ1v) is 10.9. The number of aryl methyl sites for hydroxylation is 1. The molecule has 1 unspecified atom stereocenters. The summed E-state index contributed by atoms with van der Waals surface area (Å²) < 4.78 is 6.26. The third-order valence-corrected chi connectivity index (χ3v) is 6.58. The summed E-state index contributed by atoms with van der Waals surface area (Å²) >= 11 is 0. The van der Waals surface area contributed by atoms with Gasteiger partial charge in [-0.25, -0.2) is 4.99 Å². The Balaban J connectivity index is 1.59. The number of rotatable bonds is 1. The maximum absolute atomic E-state index is 13.7. The molecule has 2 heterocycles. The second-order valence-corrected chi connectivity index (χ2v) is 8.60. The second-order valence-electron chi connectivity index (χ2n) is 8.60. The number of benzene rings is 2. The van der Waals surface area contributed by atoms with E-state index in [-0.39, 0.29) is 11.6 Å². The van der Waals surface area contributed by atoms with Crippen molar-refractivity contribution >= 4 is 23.0 Å². The van der Waals surface area contributed by atoms with Gasteiger partial charge in [0.15, 0.2) is 23.1 Å². The summed E-state index contributed by atoms with van der Waals surface area (Å²) in [5.74, 6) is 0.380. The van der Waals surface area contributed by atoms with E-state index in [0.29, 0.717) is 39.6 Å². The number of carbonyl (C=O) groups is 2. The molecule has 6 rings (SSSR count). The molecule has 0 N–H and O–H groups in total. The minimum absolute atomic E-state index is 0.0755. The van der Waals surface area contributed by atoms with Crippen molar-refractivity contribution in [3.8, 4) is 5.75 Å². The van der Waals surface area contributed by atoms with Crippen LogP contribution in [0.1, 0.15) is 45.5 Å². The molecule has 2 aliphatic carbocycles. The van der Waals surface area contributed by atoms with Gasteiger partial charge in [0.2, 0.25) is 0 Å². The van der Waals surface area contributed by atoms with Gasteiger partial charge in [-0.1, -0.05) is 30.3 Å². The predicted molar refractivity (Wildman–Crippen MR) is 118 cm³/mol. The molecule has 1 saturated heterocycles. The van der Waals surface area contributed by atoms with E-state index in [4.69, 9.17) is 9.73 Å². The summed E-state index contributed by atoms with van der Waals surface area (Å²) in [6.45, 7) is 3.76. The van der Waals surface area contributed by atoms with Gasteiger partial charge in [0.25, 0.3) is 0 Å². The van der Waals surface area contributed by atoms with Gasteiger partial charge in [-0.15, -0.1) is 0 Å². The Morgan fingerprint density at radius 1 is 1.00 bits per heavy atom. The highest BCUT2D eigenvalue weighted by Gasteiger charge is 2.47. The van der Waals surface area contributed by atoms with Gasteiger partial charge in [0.1, 0.15) is 5.69 Å². The Morgan fingerprint density at radius 2 is 1.77 bits per heavy atom. The van der Waals surface area contributed by atoms with Crippen molar-refractivity contribution < 1.29 is 14.3 Å². The number of ether oxygens (including phenoxy) is 1. The molecule has 31 heavy (non-hydrogen) atoms. The number of allylic oxidation sites excluding steroid dienone is 3. The Bertz CT molecular complexity index is 1250. The monoisotopic (exact) mass is 410 g/mol. The maximum Gasteiger partial charge on any atom is 0.192 e. The first-order valence-electron chi connectivity index (χ1n) is 10.9. The normalized spacial score (nSPS) is 22.0. The van der Waals surface area contributed by atoms with Gasteiger partial charge in [-0.3, -0.25) is 9.59 Å². The van der Waals surface area contributed by atoms with Gasteiger partial charge >= 0.3 is 0 Å². The van der Waals surface area contributed by atoms with E-state index in [9.17, 15) is 9.59 Å². The first kappa shape index (κ1) is 18.3. The van der Waals surface area contributed by atoms with Crippen LogP contribution in [0.15, 0.2) is 70.6 Å². The van der Waals surface area contributed by atoms with Crippen LogP contribution >= 0.6 is 0 Å². The largest absolute Gasteiger partial charge is 0.453 e. The molecule has 0 bridgehead atoms. The second kappa shape index (κ2) is 6.77. The summed E-state index contributed by atoms with van der Waals surface area (Å²) in [6.07, 6.45) is 5.27. The molecule has 1 fully saturated rings. The van der Waals surface area contributed by atoms with Crippen molar-refractivity contribution in [2.24, 2.45) is 10.9 Å². The van der Waals surface area contributed by atoms with Crippen LogP contribution in [0.3, 0.4) is 0 Å². The van der Waals surface area contributed by atoms with Gasteiger partial charge in [-0.05, 0) is 43.9 Å². The molecule has 5 nitrogen and oxygen atoms in total. The molecule has 0 amide bonds. The number of hydrogen-bond donors (Lipinski definition) is 0. The Kier molecular flexibility index (Phi) is 4.00. The topological polar surface area (TPSA) is 59.0 Å². The summed E-state index contributed by atoms with van der Waals surface area (Å²) in [6, 6.07) is 13.0. The van der Waals surface area contributed by atoms with E-state index < -0.39 is 5.92 Å². The molecule has 2 aliphatic heterocycles. The third-order valence-electron chi connectivity index (χ3n) is 6.58. The van der Waals surface area contributed by atoms with Gasteiger partial charge in [-0.2, -0.15) is 0 Å². The lowest BCUT2D eigenvalue weighted by atomic mass is 9.72. The van der Waals surface area contributed by atoms with Crippen molar-refractivity contribution in [2.75, 3.05) is 13.1 Å². The summed E-state index contributed by atoms with van der Waals surface area (Å²) in [7, 11) is 0. The predicted octanol–water partition coefficient (Wildman–Crippen LogP) is 4.79. The van der Waals surface area contributed by atoms with Crippen molar-refractivity contribution in [1.29, 1.82) is 0 Å². The number of nitrogens with zero attached hydrogens (tertiary/aromatic N) is 2. The van der Waals surface area contributed by atoms with E-state index in [1.54, 1.807) is 18.2 Å². The number of Topliss-reactive ketones (excluding diaryl/α,β-unsaturated/α-hetero) is 2. The fourth-order valence-corrected chi connectivity index (χ4v) is 5.04. The number of aliphatic imine (C=N–C) groups is 1. The van der Waals surface area contributed by atoms with Crippen LogP contribution in [0.2, 0.25) is 0 Å². The molecule has 5 heteroatoms. The number of ketones is 2. The van der Waals surface area contributed by atoms with Crippen LogP contribution in [0.25, 0.3) is 0 Å². The van der Waals surface area contributed by atoms with E-state index in [1.807, 2.05) is 37.3 Å². The Hall–Kier alpha value is -3.47. The molecule has 4 aliphatic rings. The molecule has 2 aromatic rings. The summed E-state index contributed by atoms with van der Waals surface area (Å²) in [5, 5.41) is 0. The van der Waals surface area contributed by atoms with Crippen LogP contribution in [0.4, 0.5) is 5.69 Å². The first-order chi connectivity index (χ1) is 15.1. The lowest BCUT2D eigenvalue weighted by molar-refractivity contribution is 0.0904. The Labute approximate surface area is 180 Å². The maximum atomic E-state index is 13.7. The zero-order chi connectivity index (χ0) is 21.1. The van der Waals surface area contributed by atoms with Crippen LogP contribution in [0.5, 0.6) is 5.75 Å². The van der Waals surface area contributed by atoms with Crippen LogP contribution in [-0.2, 0) is 0 Å². The zero-order valence-corrected chi connectivity index (χ0v) is 17.4. The fourth-order valence-electron chi connectivity index (χ4n) is 5.04. The van der Waals surface area contributed by atoms with Gasteiger partial charge < -0.3 is 9.64 Å². The van der Waals surface area contributed by atoms with Crippen LogP contribution in [0, 0.1) is 12.8 Å². The third kappa shape index (κ3) is 2.73. The SMILES string of the molecule is Cc1ccc2c(c1)OC1=CC(N3CCCCC3)=C3C(=O)c4ccccc4C(=O)C3C1=N2.